The van der Waals surface area contributed by atoms with Gasteiger partial charge in [-0.05, 0) is 30.4 Å². The first-order valence-electron chi connectivity index (χ1n) is 7.40. The van der Waals surface area contributed by atoms with Crippen LogP contribution in [0.2, 0.25) is 0 Å². The van der Waals surface area contributed by atoms with Gasteiger partial charge in [-0.3, -0.25) is 14.3 Å². The molecule has 0 fully saturated rings. The van der Waals surface area contributed by atoms with Gasteiger partial charge < -0.3 is 0 Å². The Kier molecular flexibility index (Phi) is 6.96. The van der Waals surface area contributed by atoms with Crippen molar-refractivity contribution in [2.45, 2.75) is 44.9 Å². The highest BCUT2D eigenvalue weighted by Crippen LogP contribution is 2.21. The van der Waals surface area contributed by atoms with Gasteiger partial charge >= 0.3 is 0 Å². The smallest absolute Gasteiger partial charge is 0.266 e. The molecule has 0 bridgehead atoms. The van der Waals surface area contributed by atoms with Crippen LogP contribution < -0.4 is 0 Å². The second-order valence-corrected chi connectivity index (χ2v) is 7.34. The first kappa shape index (κ1) is 18.6. The summed E-state index contributed by atoms with van der Waals surface area (Å²) in [5.74, 6) is 0.667. The lowest BCUT2D eigenvalue weighted by Crippen LogP contribution is -2.15. The third kappa shape index (κ3) is 5.73. The van der Waals surface area contributed by atoms with Gasteiger partial charge in [0.2, 0.25) is 0 Å². The number of benzene rings is 1. The lowest BCUT2D eigenvalue weighted by atomic mass is 9.94. The van der Waals surface area contributed by atoms with Crippen LogP contribution in [0.4, 0.5) is 5.69 Å². The molecule has 124 valence electrons. The molecule has 7 heteroatoms. The Hall–Kier alpha value is -1.47. The van der Waals surface area contributed by atoms with Gasteiger partial charge in [0.1, 0.15) is 0 Å². The van der Waals surface area contributed by atoms with E-state index in [0.717, 1.165) is 31.4 Å². The molecule has 22 heavy (non-hydrogen) atoms. The van der Waals surface area contributed by atoms with Crippen molar-refractivity contribution >= 4 is 15.8 Å². The van der Waals surface area contributed by atoms with Crippen molar-refractivity contribution < 1.29 is 17.5 Å². The Morgan fingerprint density at radius 1 is 1.18 bits per heavy atom. The summed E-state index contributed by atoms with van der Waals surface area (Å²) in [7, 11) is -3.87. The normalized spacial score (nSPS) is 14.5. The highest BCUT2D eigenvalue weighted by atomic mass is 32.2. The Bertz CT molecular complexity index is 582. The van der Waals surface area contributed by atoms with Gasteiger partial charge in [0.05, 0.1) is 16.4 Å². The Morgan fingerprint density at radius 2 is 1.77 bits per heavy atom. The van der Waals surface area contributed by atoms with Crippen LogP contribution in [0.15, 0.2) is 29.2 Å². The van der Waals surface area contributed by atoms with E-state index >= 15 is 0 Å². The molecule has 0 saturated carbocycles. The third-order valence-electron chi connectivity index (χ3n) is 3.43. The highest BCUT2D eigenvalue weighted by Gasteiger charge is 2.19. The standard InChI is InChI=1S/C15H23NO5S/c1-4-5-12(2)10-13(3)11-21-22(19,20)15-8-6-14(7-9-15)16(17)18/h6-9,12-13H,4-5,10-11H2,1-3H3/t12-,13-/m0/s1. The maximum absolute atomic E-state index is 12.0. The number of nitro groups is 1. The van der Waals surface area contributed by atoms with Gasteiger partial charge in [0.25, 0.3) is 15.8 Å². The molecule has 0 heterocycles. The monoisotopic (exact) mass is 329 g/mol. The van der Waals surface area contributed by atoms with Crippen molar-refractivity contribution in [2.24, 2.45) is 11.8 Å². The zero-order valence-corrected chi connectivity index (χ0v) is 14.0. The molecule has 2 atom stereocenters. The fourth-order valence-corrected chi connectivity index (χ4v) is 3.39. The molecule has 0 unspecified atom stereocenters. The molecule has 0 spiro atoms. The number of rotatable bonds is 9. The third-order valence-corrected chi connectivity index (χ3v) is 4.73. The average Bonchev–Trinajstić information content (AvgIpc) is 2.45. The number of nitro benzene ring substituents is 1. The summed E-state index contributed by atoms with van der Waals surface area (Å²) in [6.45, 7) is 6.34. The van der Waals surface area contributed by atoms with E-state index in [-0.39, 0.29) is 23.1 Å². The molecule has 0 saturated heterocycles. The molecule has 0 aliphatic rings. The van der Waals surface area contributed by atoms with Crippen LogP contribution in [0, 0.1) is 22.0 Å². The number of hydrogen-bond donors (Lipinski definition) is 0. The maximum Gasteiger partial charge on any atom is 0.296 e. The molecular weight excluding hydrogens is 306 g/mol. The Labute approximate surface area is 131 Å². The van der Waals surface area contributed by atoms with Gasteiger partial charge in [-0.15, -0.1) is 0 Å². The fraction of sp³-hybridized carbons (Fsp3) is 0.600. The second-order valence-electron chi connectivity index (χ2n) is 5.72. The van der Waals surface area contributed by atoms with Crippen molar-refractivity contribution in [1.29, 1.82) is 0 Å². The molecule has 0 radical (unpaired) electrons. The maximum atomic E-state index is 12.0. The van der Waals surface area contributed by atoms with Crippen LogP contribution in [0.1, 0.15) is 40.0 Å². The van der Waals surface area contributed by atoms with Gasteiger partial charge in [-0.1, -0.05) is 33.6 Å². The van der Waals surface area contributed by atoms with E-state index in [2.05, 4.69) is 13.8 Å². The zero-order chi connectivity index (χ0) is 16.8. The Balaban J connectivity index is 2.61. The average molecular weight is 329 g/mol. The number of non-ortho nitro benzene ring substituents is 1. The minimum absolute atomic E-state index is 0.0630. The predicted molar refractivity (Wildman–Crippen MR) is 84.1 cm³/mol. The molecule has 1 rings (SSSR count). The zero-order valence-electron chi connectivity index (χ0n) is 13.2. The molecule has 1 aromatic carbocycles. The van der Waals surface area contributed by atoms with E-state index in [1.165, 1.54) is 12.1 Å². The summed E-state index contributed by atoms with van der Waals surface area (Å²) >= 11 is 0. The SMILES string of the molecule is CCC[C@H](C)C[C@H](C)COS(=O)(=O)c1ccc([N+](=O)[O-])cc1. The number of nitrogens with zero attached hydrogens (tertiary/aromatic N) is 1. The molecule has 0 aliphatic carbocycles. The quantitative estimate of drug-likeness (QED) is 0.391. The van der Waals surface area contributed by atoms with Crippen LogP contribution in [-0.2, 0) is 14.3 Å². The lowest BCUT2D eigenvalue weighted by molar-refractivity contribution is -0.384. The molecule has 0 aromatic heterocycles. The molecule has 0 N–H and O–H groups in total. The summed E-state index contributed by atoms with van der Waals surface area (Å²) in [6, 6.07) is 4.70. The van der Waals surface area contributed by atoms with E-state index in [0.29, 0.717) is 5.92 Å². The van der Waals surface area contributed by atoms with E-state index < -0.39 is 15.0 Å². The Morgan fingerprint density at radius 3 is 2.27 bits per heavy atom. The first-order valence-corrected chi connectivity index (χ1v) is 8.81. The van der Waals surface area contributed by atoms with Crippen LogP contribution in [-0.4, -0.2) is 19.9 Å². The van der Waals surface area contributed by atoms with E-state index in [1.54, 1.807) is 0 Å². The largest absolute Gasteiger partial charge is 0.296 e. The van der Waals surface area contributed by atoms with Crippen LogP contribution in [0.25, 0.3) is 0 Å². The summed E-state index contributed by atoms with van der Waals surface area (Å²) in [4.78, 5) is 9.92. The predicted octanol–water partition coefficient (Wildman–Crippen LogP) is 3.76. The molecule has 6 nitrogen and oxygen atoms in total. The second kappa shape index (κ2) is 8.24. The van der Waals surface area contributed by atoms with Crippen molar-refractivity contribution in [3.63, 3.8) is 0 Å². The van der Waals surface area contributed by atoms with Gasteiger partial charge in [0.15, 0.2) is 0 Å². The van der Waals surface area contributed by atoms with Crippen molar-refractivity contribution in [3.05, 3.63) is 34.4 Å². The van der Waals surface area contributed by atoms with Gasteiger partial charge in [-0.2, -0.15) is 8.42 Å². The molecule has 1 aromatic rings. The van der Waals surface area contributed by atoms with Crippen LogP contribution >= 0.6 is 0 Å². The van der Waals surface area contributed by atoms with E-state index in [1.807, 2.05) is 6.92 Å². The van der Waals surface area contributed by atoms with E-state index in [4.69, 9.17) is 4.18 Å². The first-order chi connectivity index (χ1) is 10.3. The summed E-state index contributed by atoms with van der Waals surface area (Å²) in [5.41, 5.74) is -0.152. The van der Waals surface area contributed by atoms with Crippen molar-refractivity contribution in [3.8, 4) is 0 Å². The minimum Gasteiger partial charge on any atom is -0.266 e. The molecule has 0 amide bonds. The summed E-state index contributed by atoms with van der Waals surface area (Å²) in [6.07, 6.45) is 3.12. The van der Waals surface area contributed by atoms with Crippen molar-refractivity contribution in [2.75, 3.05) is 6.61 Å². The minimum atomic E-state index is -3.87. The molecular formula is C15H23NO5S. The van der Waals surface area contributed by atoms with Gasteiger partial charge in [-0.25, -0.2) is 0 Å². The lowest BCUT2D eigenvalue weighted by Gasteiger charge is -2.16. The fourth-order valence-electron chi connectivity index (χ4n) is 2.37. The molecule has 0 aliphatic heterocycles. The topological polar surface area (TPSA) is 86.5 Å². The number of hydrogen-bond acceptors (Lipinski definition) is 5. The highest BCUT2D eigenvalue weighted by molar-refractivity contribution is 7.86. The summed E-state index contributed by atoms with van der Waals surface area (Å²) in [5, 5.41) is 10.6. The van der Waals surface area contributed by atoms with Crippen LogP contribution in [0.5, 0.6) is 0 Å². The van der Waals surface area contributed by atoms with Crippen molar-refractivity contribution in [1.82, 2.24) is 0 Å². The van der Waals surface area contributed by atoms with E-state index in [9.17, 15) is 18.5 Å². The summed E-state index contributed by atoms with van der Waals surface area (Å²) < 4.78 is 29.1. The van der Waals surface area contributed by atoms with Crippen LogP contribution in [0.3, 0.4) is 0 Å². The van der Waals surface area contributed by atoms with Gasteiger partial charge in [0, 0.05) is 12.1 Å².